The van der Waals surface area contributed by atoms with Crippen molar-refractivity contribution in [3.63, 3.8) is 0 Å². The van der Waals surface area contributed by atoms with E-state index >= 15 is 0 Å². The van der Waals surface area contributed by atoms with Crippen molar-refractivity contribution in [1.82, 2.24) is 0 Å². The Morgan fingerprint density at radius 1 is 0.944 bits per heavy atom. The molecule has 90 valence electrons. The number of rotatable bonds is 3. The maximum atomic E-state index is 12.3. The fraction of sp³-hybridized carbons (Fsp3) is 0.133. The lowest BCUT2D eigenvalue weighted by atomic mass is 9.97. The predicted octanol–water partition coefficient (Wildman–Crippen LogP) is 1.94. The van der Waals surface area contributed by atoms with Crippen LogP contribution >= 0.6 is 0 Å². The first-order chi connectivity index (χ1) is 8.59. The molecule has 0 saturated heterocycles. The Kier molecular flexibility index (Phi) is 3.33. The molecule has 2 aromatic rings. The number of carbonyl (C=O) groups excluding carboxylic acids is 2. The van der Waals surface area contributed by atoms with Crippen LogP contribution in [0.25, 0.3) is 0 Å². The van der Waals surface area contributed by atoms with Crippen molar-refractivity contribution in [2.24, 2.45) is 7.05 Å². The Labute approximate surface area is 106 Å². The van der Waals surface area contributed by atoms with Crippen molar-refractivity contribution in [2.75, 3.05) is 0 Å². The van der Waals surface area contributed by atoms with Gasteiger partial charge in [-0.3, -0.25) is 9.59 Å². The third kappa shape index (κ3) is 2.35. The second kappa shape index (κ2) is 4.92. The van der Waals surface area contributed by atoms with Gasteiger partial charge in [0.25, 0.3) is 0 Å². The highest BCUT2D eigenvalue weighted by Crippen LogP contribution is 2.14. The molecule has 0 aliphatic rings. The van der Waals surface area contributed by atoms with Crippen LogP contribution in [0.1, 0.15) is 33.2 Å². The zero-order chi connectivity index (χ0) is 13.1. The molecule has 3 heteroatoms. The van der Waals surface area contributed by atoms with E-state index in [4.69, 9.17) is 0 Å². The van der Waals surface area contributed by atoms with E-state index < -0.39 is 0 Å². The Hall–Kier alpha value is -2.29. The summed E-state index contributed by atoms with van der Waals surface area (Å²) in [6, 6.07) is 10.4. The van der Waals surface area contributed by atoms with Crippen molar-refractivity contribution < 1.29 is 14.2 Å². The lowest BCUT2D eigenvalue weighted by Crippen LogP contribution is -2.26. The molecule has 1 aromatic heterocycles. The summed E-state index contributed by atoms with van der Waals surface area (Å²) >= 11 is 0. The van der Waals surface area contributed by atoms with Gasteiger partial charge in [0.15, 0.2) is 24.0 Å². The van der Waals surface area contributed by atoms with Crippen LogP contribution in [0.4, 0.5) is 0 Å². The molecule has 0 bridgehead atoms. The van der Waals surface area contributed by atoms with Gasteiger partial charge in [0, 0.05) is 28.8 Å². The summed E-state index contributed by atoms with van der Waals surface area (Å²) in [5, 5.41) is 0. The van der Waals surface area contributed by atoms with E-state index in [0.717, 1.165) is 0 Å². The lowest BCUT2D eigenvalue weighted by molar-refractivity contribution is -0.671. The highest BCUT2D eigenvalue weighted by Gasteiger charge is 2.16. The van der Waals surface area contributed by atoms with Crippen molar-refractivity contribution in [3.05, 3.63) is 65.5 Å². The largest absolute Gasteiger partial charge is 0.294 e. The van der Waals surface area contributed by atoms with Crippen LogP contribution in [0.3, 0.4) is 0 Å². The first-order valence-corrected chi connectivity index (χ1v) is 5.69. The first-order valence-electron chi connectivity index (χ1n) is 5.69. The van der Waals surface area contributed by atoms with E-state index in [9.17, 15) is 9.59 Å². The summed E-state index contributed by atoms with van der Waals surface area (Å²) in [6.07, 6.45) is 3.62. The van der Waals surface area contributed by atoms with Gasteiger partial charge in [-0.1, -0.05) is 24.3 Å². The SMILES string of the molecule is CC(=O)c1ccccc1C(=O)c1cc[n+](C)cc1. The highest BCUT2D eigenvalue weighted by atomic mass is 16.1. The normalized spacial score (nSPS) is 10.1. The number of benzene rings is 1. The molecule has 0 radical (unpaired) electrons. The molecular weight excluding hydrogens is 226 g/mol. The standard InChI is InChI=1S/C15H14NO2/c1-11(17)13-5-3-4-6-14(13)15(18)12-7-9-16(2)10-8-12/h3-10H,1-2H3/q+1. The number of carbonyl (C=O) groups is 2. The van der Waals surface area contributed by atoms with Gasteiger partial charge in [-0.15, -0.1) is 0 Å². The topological polar surface area (TPSA) is 38.0 Å². The molecule has 0 unspecified atom stereocenters. The fourth-order valence-electron chi connectivity index (χ4n) is 1.80. The van der Waals surface area contributed by atoms with Crippen molar-refractivity contribution in [3.8, 4) is 0 Å². The number of nitrogens with zero attached hydrogens (tertiary/aromatic N) is 1. The van der Waals surface area contributed by atoms with Gasteiger partial charge in [-0.05, 0) is 6.92 Å². The Morgan fingerprint density at radius 3 is 2.06 bits per heavy atom. The monoisotopic (exact) mass is 240 g/mol. The molecule has 1 heterocycles. The average molecular weight is 240 g/mol. The minimum absolute atomic E-state index is 0.0968. The zero-order valence-electron chi connectivity index (χ0n) is 10.4. The van der Waals surface area contributed by atoms with Gasteiger partial charge >= 0.3 is 0 Å². The second-order valence-corrected chi connectivity index (χ2v) is 4.18. The Balaban J connectivity index is 2.46. The summed E-state index contributed by atoms with van der Waals surface area (Å²) in [6.45, 7) is 1.47. The van der Waals surface area contributed by atoms with E-state index in [-0.39, 0.29) is 11.6 Å². The summed E-state index contributed by atoms with van der Waals surface area (Å²) < 4.78 is 1.85. The minimum atomic E-state index is -0.124. The molecular formula is C15H14NO2+. The summed E-state index contributed by atoms with van der Waals surface area (Å²) in [5.74, 6) is -0.221. The lowest BCUT2D eigenvalue weighted by Gasteiger charge is -2.05. The number of ketones is 2. The molecule has 0 aliphatic heterocycles. The quantitative estimate of drug-likeness (QED) is 0.607. The van der Waals surface area contributed by atoms with Gasteiger partial charge in [-0.25, -0.2) is 4.57 Å². The van der Waals surface area contributed by atoms with E-state index in [1.54, 1.807) is 36.4 Å². The van der Waals surface area contributed by atoms with Crippen molar-refractivity contribution in [1.29, 1.82) is 0 Å². The maximum Gasteiger partial charge on any atom is 0.194 e. The number of aromatic nitrogens is 1. The molecule has 3 nitrogen and oxygen atoms in total. The van der Waals surface area contributed by atoms with Gasteiger partial charge in [0.1, 0.15) is 7.05 Å². The van der Waals surface area contributed by atoms with Crippen molar-refractivity contribution in [2.45, 2.75) is 6.92 Å². The first kappa shape index (κ1) is 12.2. The van der Waals surface area contributed by atoms with Crippen molar-refractivity contribution >= 4 is 11.6 Å². The number of Topliss-reactive ketones (excluding diaryl/α,β-unsaturated/α-hetero) is 1. The van der Waals surface area contributed by atoms with Crippen LogP contribution in [0.15, 0.2) is 48.8 Å². The molecule has 0 atom stereocenters. The van der Waals surface area contributed by atoms with E-state index in [0.29, 0.717) is 16.7 Å². The van der Waals surface area contributed by atoms with E-state index in [1.807, 2.05) is 24.0 Å². The van der Waals surface area contributed by atoms with Gasteiger partial charge in [-0.2, -0.15) is 0 Å². The van der Waals surface area contributed by atoms with Crippen LogP contribution in [0.2, 0.25) is 0 Å². The molecule has 0 aliphatic carbocycles. The maximum absolute atomic E-state index is 12.3. The third-order valence-electron chi connectivity index (χ3n) is 2.79. The van der Waals surface area contributed by atoms with E-state index in [1.165, 1.54) is 6.92 Å². The Morgan fingerprint density at radius 2 is 1.50 bits per heavy atom. The molecule has 0 saturated carbocycles. The second-order valence-electron chi connectivity index (χ2n) is 4.18. The molecule has 0 N–H and O–H groups in total. The van der Waals surface area contributed by atoms with Crippen LogP contribution < -0.4 is 4.57 Å². The third-order valence-corrected chi connectivity index (χ3v) is 2.79. The summed E-state index contributed by atoms with van der Waals surface area (Å²) in [7, 11) is 1.89. The van der Waals surface area contributed by atoms with Gasteiger partial charge in [0.05, 0.1) is 0 Å². The van der Waals surface area contributed by atoms with Crippen LogP contribution in [0, 0.1) is 0 Å². The van der Waals surface area contributed by atoms with Crippen LogP contribution in [-0.2, 0) is 7.05 Å². The molecule has 0 spiro atoms. The average Bonchev–Trinajstić information content (AvgIpc) is 2.39. The fourth-order valence-corrected chi connectivity index (χ4v) is 1.80. The van der Waals surface area contributed by atoms with Gasteiger partial charge < -0.3 is 0 Å². The number of hydrogen-bond donors (Lipinski definition) is 0. The summed E-state index contributed by atoms with van der Waals surface area (Å²) in [5.41, 5.74) is 1.51. The van der Waals surface area contributed by atoms with Crippen LogP contribution in [-0.4, -0.2) is 11.6 Å². The Bertz CT molecular complexity index is 600. The number of pyridine rings is 1. The zero-order valence-corrected chi connectivity index (χ0v) is 10.4. The predicted molar refractivity (Wildman–Crippen MR) is 67.5 cm³/mol. The van der Waals surface area contributed by atoms with Crippen LogP contribution in [0.5, 0.6) is 0 Å². The molecule has 18 heavy (non-hydrogen) atoms. The molecule has 0 fully saturated rings. The smallest absolute Gasteiger partial charge is 0.194 e. The minimum Gasteiger partial charge on any atom is -0.294 e. The summed E-state index contributed by atoms with van der Waals surface area (Å²) in [4.78, 5) is 23.8. The molecule has 0 amide bonds. The molecule has 1 aromatic carbocycles. The number of aryl methyl sites for hydroxylation is 1. The van der Waals surface area contributed by atoms with Gasteiger partial charge in [0.2, 0.25) is 0 Å². The number of hydrogen-bond acceptors (Lipinski definition) is 2. The van der Waals surface area contributed by atoms with E-state index in [2.05, 4.69) is 0 Å². The highest BCUT2D eigenvalue weighted by molar-refractivity contribution is 6.15. The molecule has 2 rings (SSSR count).